The molecule has 0 bridgehead atoms. The number of aromatic nitrogens is 1. The molecule has 1 aliphatic rings. The third kappa shape index (κ3) is 2.43. The second-order valence-corrected chi connectivity index (χ2v) is 6.59. The summed E-state index contributed by atoms with van der Waals surface area (Å²) in [6.07, 6.45) is 4.00. The number of hydrogen-bond acceptors (Lipinski definition) is 3. The fraction of sp³-hybridized carbons (Fsp3) is 0.533. The molecule has 0 radical (unpaired) electrons. The lowest BCUT2D eigenvalue weighted by molar-refractivity contribution is 0.448. The Balaban J connectivity index is 1.73. The zero-order chi connectivity index (χ0) is 12.5. The maximum absolute atomic E-state index is 4.73. The number of thiazole rings is 1. The molecule has 1 N–H and O–H groups in total. The van der Waals surface area contributed by atoms with Gasteiger partial charge in [-0.25, -0.2) is 4.98 Å². The highest BCUT2D eigenvalue weighted by molar-refractivity contribution is 7.18. The van der Waals surface area contributed by atoms with E-state index >= 15 is 0 Å². The fourth-order valence-corrected chi connectivity index (χ4v) is 3.84. The maximum Gasteiger partial charge on any atom is 0.111 e. The van der Waals surface area contributed by atoms with Crippen LogP contribution in [0.2, 0.25) is 0 Å². The van der Waals surface area contributed by atoms with E-state index in [0.29, 0.717) is 12.1 Å². The first-order valence-electron chi connectivity index (χ1n) is 6.84. The van der Waals surface area contributed by atoms with Crippen LogP contribution < -0.4 is 5.32 Å². The summed E-state index contributed by atoms with van der Waals surface area (Å²) in [5, 5.41) is 4.95. The number of para-hydroxylation sites is 1. The standard InChI is InChI=1S/C15H20N2S/c1-10-7-8-12(9-10)16-11(2)15-17-13-5-3-4-6-14(13)18-15/h3-6,10-12,16H,7-9H2,1-2H3. The summed E-state index contributed by atoms with van der Waals surface area (Å²) in [5.41, 5.74) is 1.13. The van der Waals surface area contributed by atoms with Crippen LogP contribution in [0.15, 0.2) is 24.3 Å². The number of rotatable bonds is 3. The van der Waals surface area contributed by atoms with Gasteiger partial charge in [0.2, 0.25) is 0 Å². The van der Waals surface area contributed by atoms with Crippen molar-refractivity contribution in [2.24, 2.45) is 5.92 Å². The molecule has 0 amide bonds. The highest BCUT2D eigenvalue weighted by Gasteiger charge is 2.23. The van der Waals surface area contributed by atoms with Crippen LogP contribution in [-0.4, -0.2) is 11.0 Å². The van der Waals surface area contributed by atoms with Gasteiger partial charge in [-0.1, -0.05) is 19.1 Å². The van der Waals surface area contributed by atoms with Crippen molar-refractivity contribution in [3.63, 3.8) is 0 Å². The van der Waals surface area contributed by atoms with Gasteiger partial charge in [0.25, 0.3) is 0 Å². The zero-order valence-electron chi connectivity index (χ0n) is 11.0. The largest absolute Gasteiger partial charge is 0.305 e. The molecule has 0 spiro atoms. The minimum Gasteiger partial charge on any atom is -0.305 e. The van der Waals surface area contributed by atoms with Gasteiger partial charge < -0.3 is 5.32 Å². The molecule has 96 valence electrons. The molecule has 1 fully saturated rings. The van der Waals surface area contributed by atoms with Crippen molar-refractivity contribution in [2.75, 3.05) is 0 Å². The maximum atomic E-state index is 4.73. The highest BCUT2D eigenvalue weighted by atomic mass is 32.1. The molecular formula is C15H20N2S. The third-order valence-corrected chi connectivity index (χ3v) is 5.08. The van der Waals surface area contributed by atoms with Crippen LogP contribution in [-0.2, 0) is 0 Å². The zero-order valence-corrected chi connectivity index (χ0v) is 11.8. The lowest BCUT2D eigenvalue weighted by Gasteiger charge is -2.17. The Hall–Kier alpha value is -0.930. The number of benzene rings is 1. The van der Waals surface area contributed by atoms with Crippen LogP contribution in [0.25, 0.3) is 10.2 Å². The smallest absolute Gasteiger partial charge is 0.111 e. The van der Waals surface area contributed by atoms with Crippen molar-refractivity contribution < 1.29 is 0 Å². The van der Waals surface area contributed by atoms with Crippen LogP contribution >= 0.6 is 11.3 Å². The first-order valence-corrected chi connectivity index (χ1v) is 7.65. The number of nitrogens with zero attached hydrogens (tertiary/aromatic N) is 1. The molecule has 1 heterocycles. The van der Waals surface area contributed by atoms with Crippen molar-refractivity contribution in [3.05, 3.63) is 29.3 Å². The van der Waals surface area contributed by atoms with E-state index in [9.17, 15) is 0 Å². The van der Waals surface area contributed by atoms with E-state index in [-0.39, 0.29) is 0 Å². The molecule has 2 nitrogen and oxygen atoms in total. The summed E-state index contributed by atoms with van der Waals surface area (Å²) in [7, 11) is 0. The Morgan fingerprint density at radius 3 is 2.89 bits per heavy atom. The van der Waals surface area contributed by atoms with Gasteiger partial charge in [0.15, 0.2) is 0 Å². The Kier molecular flexibility index (Phi) is 3.35. The van der Waals surface area contributed by atoms with Gasteiger partial charge in [0.1, 0.15) is 5.01 Å². The Bertz CT molecular complexity index is 501. The van der Waals surface area contributed by atoms with Crippen LogP contribution in [0, 0.1) is 5.92 Å². The Morgan fingerprint density at radius 2 is 2.17 bits per heavy atom. The molecule has 18 heavy (non-hydrogen) atoms. The molecule has 3 atom stereocenters. The van der Waals surface area contributed by atoms with Crippen LogP contribution in [0.5, 0.6) is 0 Å². The third-order valence-electron chi connectivity index (χ3n) is 3.86. The van der Waals surface area contributed by atoms with E-state index in [1.54, 1.807) is 0 Å². The van der Waals surface area contributed by atoms with Crippen molar-refractivity contribution >= 4 is 21.6 Å². The quantitative estimate of drug-likeness (QED) is 0.897. The second-order valence-electron chi connectivity index (χ2n) is 5.52. The van der Waals surface area contributed by atoms with Crippen LogP contribution in [0.4, 0.5) is 0 Å². The lowest BCUT2D eigenvalue weighted by atomic mass is 10.1. The van der Waals surface area contributed by atoms with Crippen molar-refractivity contribution in [2.45, 2.75) is 45.2 Å². The minimum atomic E-state index is 0.373. The number of nitrogens with one attached hydrogen (secondary N) is 1. The highest BCUT2D eigenvalue weighted by Crippen LogP contribution is 2.29. The number of hydrogen-bond donors (Lipinski definition) is 1. The SMILES string of the molecule is CC1CCC(NC(C)c2nc3ccccc3s2)C1. The molecule has 3 unspecified atom stereocenters. The summed E-state index contributed by atoms with van der Waals surface area (Å²) in [6.45, 7) is 4.59. The van der Waals surface area contributed by atoms with Crippen molar-refractivity contribution in [1.82, 2.24) is 10.3 Å². The molecule has 1 saturated carbocycles. The normalized spacial score (nSPS) is 25.7. The molecular weight excluding hydrogens is 240 g/mol. The summed E-state index contributed by atoms with van der Waals surface area (Å²) in [6, 6.07) is 9.45. The van der Waals surface area contributed by atoms with Gasteiger partial charge in [0.05, 0.1) is 16.3 Å². The first kappa shape index (κ1) is 12.1. The molecule has 1 aliphatic carbocycles. The predicted octanol–water partition coefficient (Wildman–Crippen LogP) is 4.14. The van der Waals surface area contributed by atoms with Crippen LogP contribution in [0.3, 0.4) is 0 Å². The molecule has 2 aromatic rings. The van der Waals surface area contributed by atoms with Crippen molar-refractivity contribution in [3.8, 4) is 0 Å². The molecule has 3 rings (SSSR count). The van der Waals surface area contributed by atoms with Gasteiger partial charge in [-0.15, -0.1) is 11.3 Å². The second kappa shape index (κ2) is 4.98. The van der Waals surface area contributed by atoms with E-state index in [4.69, 9.17) is 4.98 Å². The van der Waals surface area contributed by atoms with Crippen molar-refractivity contribution in [1.29, 1.82) is 0 Å². The van der Waals surface area contributed by atoms with E-state index < -0.39 is 0 Å². The summed E-state index contributed by atoms with van der Waals surface area (Å²) in [5.74, 6) is 0.880. The van der Waals surface area contributed by atoms with E-state index in [1.807, 2.05) is 11.3 Å². The lowest BCUT2D eigenvalue weighted by Crippen LogP contribution is -2.29. The van der Waals surface area contributed by atoms with Gasteiger partial charge in [-0.2, -0.15) is 0 Å². The molecule has 3 heteroatoms. The Morgan fingerprint density at radius 1 is 1.33 bits per heavy atom. The molecule has 1 aromatic carbocycles. The molecule has 0 aliphatic heterocycles. The van der Waals surface area contributed by atoms with Gasteiger partial charge >= 0.3 is 0 Å². The molecule has 0 saturated heterocycles. The van der Waals surface area contributed by atoms with Crippen LogP contribution in [0.1, 0.15) is 44.2 Å². The van der Waals surface area contributed by atoms with E-state index in [0.717, 1.165) is 11.4 Å². The van der Waals surface area contributed by atoms with Gasteiger partial charge in [-0.3, -0.25) is 0 Å². The molecule has 1 aromatic heterocycles. The summed E-state index contributed by atoms with van der Waals surface area (Å²) in [4.78, 5) is 4.73. The first-order chi connectivity index (χ1) is 8.72. The minimum absolute atomic E-state index is 0.373. The van der Waals surface area contributed by atoms with E-state index in [1.165, 1.54) is 29.0 Å². The topological polar surface area (TPSA) is 24.9 Å². The fourth-order valence-electron chi connectivity index (χ4n) is 2.86. The van der Waals surface area contributed by atoms with E-state index in [2.05, 4.69) is 43.4 Å². The number of fused-ring (bicyclic) bond motifs is 1. The predicted molar refractivity (Wildman–Crippen MR) is 78.0 cm³/mol. The van der Waals surface area contributed by atoms with Gasteiger partial charge in [0, 0.05) is 6.04 Å². The monoisotopic (exact) mass is 260 g/mol. The Labute approximate surface area is 112 Å². The summed E-state index contributed by atoms with van der Waals surface area (Å²) >= 11 is 1.82. The van der Waals surface area contributed by atoms with Gasteiger partial charge in [-0.05, 0) is 44.2 Å². The summed E-state index contributed by atoms with van der Waals surface area (Å²) < 4.78 is 1.29. The average molecular weight is 260 g/mol. The average Bonchev–Trinajstić information content (AvgIpc) is 2.95.